The second kappa shape index (κ2) is 11.5. The third kappa shape index (κ3) is 4.97. The van der Waals surface area contributed by atoms with Crippen molar-refractivity contribution in [2.24, 2.45) is 0 Å². The van der Waals surface area contributed by atoms with E-state index < -0.39 is 0 Å². The summed E-state index contributed by atoms with van der Waals surface area (Å²) in [7, 11) is 1.45. The number of rotatable bonds is 9. The zero-order valence-corrected chi connectivity index (χ0v) is 22.1. The molecule has 4 aromatic rings. The summed E-state index contributed by atoms with van der Waals surface area (Å²) in [6.45, 7) is 1.90. The highest BCUT2D eigenvalue weighted by Crippen LogP contribution is 2.39. The molecule has 1 aliphatic rings. The van der Waals surface area contributed by atoms with Gasteiger partial charge in [-0.15, -0.1) is 11.3 Å². The number of aliphatic hydroxyl groups excluding tert-OH is 1. The van der Waals surface area contributed by atoms with Crippen molar-refractivity contribution < 1.29 is 19.4 Å². The Labute approximate surface area is 224 Å². The van der Waals surface area contributed by atoms with Crippen LogP contribution in [0.2, 0.25) is 0 Å². The molecule has 1 fully saturated rings. The maximum absolute atomic E-state index is 13.8. The van der Waals surface area contributed by atoms with Crippen molar-refractivity contribution >= 4 is 44.0 Å². The zero-order chi connectivity index (χ0) is 26.6. The highest BCUT2D eigenvalue weighted by atomic mass is 32.1. The summed E-state index contributed by atoms with van der Waals surface area (Å²) in [5.41, 5.74) is 0.794. The van der Waals surface area contributed by atoms with Crippen LogP contribution in [0.1, 0.15) is 39.3 Å². The van der Waals surface area contributed by atoms with Gasteiger partial charge in [0.25, 0.3) is 11.5 Å². The van der Waals surface area contributed by atoms with Crippen LogP contribution in [0.4, 0.5) is 0 Å². The van der Waals surface area contributed by atoms with Crippen LogP contribution in [0, 0.1) is 0 Å². The quantitative estimate of drug-likeness (QED) is 0.319. The third-order valence-corrected chi connectivity index (χ3v) is 8.41. The molecular formula is C29H31N3O5S. The van der Waals surface area contributed by atoms with Crippen LogP contribution >= 0.6 is 11.3 Å². The molecule has 0 aliphatic carbocycles. The van der Waals surface area contributed by atoms with Gasteiger partial charge in [-0.2, -0.15) is 0 Å². The fourth-order valence-electron chi connectivity index (χ4n) is 5.31. The standard InChI is InChI=1S/C29H31N3O5S/c1-37-25-24-26(38-27(25)28(35)30-17-20-11-7-8-14-31(20)15-16-33)21-12-5-6-13-22(21)32(29(24)36)18-23(34)19-9-3-2-4-10-19/h2-6,9-10,12-13,20,33H,7-8,11,14-18H2,1H3,(H,30,35). The maximum Gasteiger partial charge on any atom is 0.265 e. The number of carbonyl (C=O) groups excluding carboxylic acids is 2. The number of aromatic nitrogens is 1. The number of β-amino-alcohol motifs (C(OH)–C–C–N with tert-alkyl or cyclic N) is 1. The van der Waals surface area contributed by atoms with Crippen LogP contribution in [0.25, 0.3) is 21.0 Å². The summed E-state index contributed by atoms with van der Waals surface area (Å²) >= 11 is 1.23. The van der Waals surface area contributed by atoms with E-state index in [-0.39, 0.29) is 42.2 Å². The number of ketones is 1. The first-order valence-electron chi connectivity index (χ1n) is 12.9. The van der Waals surface area contributed by atoms with E-state index in [1.54, 1.807) is 24.3 Å². The largest absolute Gasteiger partial charge is 0.494 e. The number of amides is 1. The van der Waals surface area contributed by atoms with Gasteiger partial charge >= 0.3 is 0 Å². The summed E-state index contributed by atoms with van der Waals surface area (Å²) in [4.78, 5) is 42.8. The predicted octanol–water partition coefficient (Wildman–Crippen LogP) is 3.68. The SMILES string of the molecule is COc1c(C(=O)NCC2CCCCN2CCO)sc2c1c(=O)n(CC(=O)c1ccccc1)c1ccccc21. The van der Waals surface area contributed by atoms with Gasteiger partial charge in [0.05, 0.1) is 30.5 Å². The van der Waals surface area contributed by atoms with E-state index in [4.69, 9.17) is 4.74 Å². The van der Waals surface area contributed by atoms with Crippen molar-refractivity contribution in [3.8, 4) is 5.75 Å². The lowest BCUT2D eigenvalue weighted by molar-refractivity contribution is 0.0890. The molecule has 1 amide bonds. The number of benzene rings is 2. The number of pyridine rings is 1. The number of hydrogen-bond donors (Lipinski definition) is 2. The Morgan fingerprint density at radius 2 is 1.87 bits per heavy atom. The topological polar surface area (TPSA) is 101 Å². The minimum absolute atomic E-state index is 0.0840. The maximum atomic E-state index is 13.8. The number of Topliss-reactive ketones (excluding diaryl/α,β-unsaturated/α-hetero) is 1. The molecule has 5 rings (SSSR count). The highest BCUT2D eigenvalue weighted by Gasteiger charge is 2.27. The van der Waals surface area contributed by atoms with E-state index in [1.165, 1.54) is 23.0 Å². The molecule has 0 spiro atoms. The van der Waals surface area contributed by atoms with Crippen LogP contribution in [0.15, 0.2) is 59.4 Å². The minimum Gasteiger partial charge on any atom is -0.494 e. The molecule has 1 saturated heterocycles. The van der Waals surface area contributed by atoms with E-state index in [0.717, 1.165) is 31.2 Å². The normalized spacial score (nSPS) is 16.1. The van der Waals surface area contributed by atoms with Crippen LogP contribution in [-0.4, -0.2) is 65.7 Å². The Kier molecular flexibility index (Phi) is 7.87. The van der Waals surface area contributed by atoms with Crippen LogP contribution in [0.3, 0.4) is 0 Å². The lowest BCUT2D eigenvalue weighted by Crippen LogP contribution is -2.47. The van der Waals surface area contributed by atoms with Gasteiger partial charge < -0.3 is 15.2 Å². The molecule has 0 saturated carbocycles. The Bertz CT molecular complexity index is 1530. The molecule has 2 N–H and O–H groups in total. The van der Waals surface area contributed by atoms with Gasteiger partial charge in [0.2, 0.25) is 0 Å². The van der Waals surface area contributed by atoms with Crippen molar-refractivity contribution in [2.45, 2.75) is 31.8 Å². The van der Waals surface area contributed by atoms with Crippen LogP contribution < -0.4 is 15.6 Å². The molecule has 0 radical (unpaired) electrons. The summed E-state index contributed by atoms with van der Waals surface area (Å²) < 4.78 is 7.79. The molecule has 2 aromatic heterocycles. The molecule has 1 unspecified atom stereocenters. The molecule has 2 aromatic carbocycles. The van der Waals surface area contributed by atoms with Gasteiger partial charge in [0.15, 0.2) is 11.5 Å². The number of methoxy groups -OCH3 is 1. The number of piperidine rings is 1. The van der Waals surface area contributed by atoms with Gasteiger partial charge in [0, 0.05) is 30.1 Å². The fourth-order valence-corrected chi connectivity index (χ4v) is 6.52. The Balaban J connectivity index is 1.53. The fraction of sp³-hybridized carbons (Fsp3) is 0.345. The number of nitrogens with zero attached hydrogens (tertiary/aromatic N) is 2. The summed E-state index contributed by atoms with van der Waals surface area (Å²) in [6, 6.07) is 16.5. The summed E-state index contributed by atoms with van der Waals surface area (Å²) in [6.07, 6.45) is 3.12. The second-order valence-electron chi connectivity index (χ2n) is 9.49. The monoisotopic (exact) mass is 533 g/mol. The Morgan fingerprint density at radius 3 is 2.63 bits per heavy atom. The Morgan fingerprint density at radius 1 is 1.11 bits per heavy atom. The second-order valence-corrected chi connectivity index (χ2v) is 10.5. The van der Waals surface area contributed by atoms with Crippen LogP contribution in [0.5, 0.6) is 5.75 Å². The number of likely N-dealkylation sites (tertiary alicyclic amines) is 1. The number of ether oxygens (including phenoxy) is 1. The van der Waals surface area contributed by atoms with Crippen molar-refractivity contribution in [1.82, 2.24) is 14.8 Å². The first kappa shape index (κ1) is 26.1. The van der Waals surface area contributed by atoms with Crippen molar-refractivity contribution in [3.05, 3.63) is 75.4 Å². The van der Waals surface area contributed by atoms with E-state index in [1.807, 2.05) is 30.3 Å². The number of para-hydroxylation sites is 1. The van der Waals surface area contributed by atoms with Gasteiger partial charge in [-0.1, -0.05) is 55.0 Å². The summed E-state index contributed by atoms with van der Waals surface area (Å²) in [5, 5.41) is 13.5. The number of hydrogen-bond acceptors (Lipinski definition) is 7. The number of carbonyl (C=O) groups is 2. The van der Waals surface area contributed by atoms with Gasteiger partial charge in [-0.05, 0) is 25.5 Å². The molecule has 1 aliphatic heterocycles. The van der Waals surface area contributed by atoms with Gasteiger partial charge in [-0.25, -0.2) is 0 Å². The number of fused-ring (bicyclic) bond motifs is 3. The zero-order valence-electron chi connectivity index (χ0n) is 21.3. The van der Waals surface area contributed by atoms with Crippen molar-refractivity contribution in [2.75, 3.05) is 33.4 Å². The van der Waals surface area contributed by atoms with E-state index in [0.29, 0.717) is 39.1 Å². The molecule has 9 heteroatoms. The third-order valence-electron chi connectivity index (χ3n) is 7.21. The number of nitrogens with one attached hydrogen (secondary N) is 1. The van der Waals surface area contributed by atoms with Crippen molar-refractivity contribution in [1.29, 1.82) is 0 Å². The van der Waals surface area contributed by atoms with Gasteiger partial charge in [0.1, 0.15) is 10.3 Å². The number of thiophene rings is 1. The minimum atomic E-state index is -0.364. The Hall–Kier alpha value is -3.53. The lowest BCUT2D eigenvalue weighted by Gasteiger charge is -2.35. The van der Waals surface area contributed by atoms with Crippen molar-refractivity contribution in [3.63, 3.8) is 0 Å². The molecule has 1 atom stereocenters. The van der Waals surface area contributed by atoms with Gasteiger partial charge in [-0.3, -0.25) is 23.9 Å². The highest BCUT2D eigenvalue weighted by molar-refractivity contribution is 7.22. The predicted molar refractivity (Wildman–Crippen MR) is 150 cm³/mol. The number of aliphatic hydroxyl groups is 1. The molecule has 38 heavy (non-hydrogen) atoms. The first-order valence-corrected chi connectivity index (χ1v) is 13.7. The molecule has 198 valence electrons. The van der Waals surface area contributed by atoms with Crippen LogP contribution in [-0.2, 0) is 6.54 Å². The van der Waals surface area contributed by atoms with E-state index >= 15 is 0 Å². The van der Waals surface area contributed by atoms with E-state index in [2.05, 4.69) is 10.2 Å². The lowest BCUT2D eigenvalue weighted by atomic mass is 10.0. The average Bonchev–Trinajstić information content (AvgIpc) is 3.35. The smallest absolute Gasteiger partial charge is 0.265 e. The first-order chi connectivity index (χ1) is 18.5. The molecule has 8 nitrogen and oxygen atoms in total. The average molecular weight is 534 g/mol. The molecule has 3 heterocycles. The molecular weight excluding hydrogens is 502 g/mol. The van der Waals surface area contributed by atoms with E-state index in [9.17, 15) is 19.5 Å². The summed E-state index contributed by atoms with van der Waals surface area (Å²) in [5.74, 6) is -0.243. The molecule has 0 bridgehead atoms.